The largest absolute Gasteiger partial charge is 0.453 e. The number of hydrogen-bond donors (Lipinski definition) is 1. The number of carbonyl (C=O) groups is 1. The fourth-order valence-corrected chi connectivity index (χ4v) is 6.62. The van der Waals surface area contributed by atoms with Gasteiger partial charge in [-0.15, -0.1) is 11.6 Å². The summed E-state index contributed by atoms with van der Waals surface area (Å²) in [7, 11) is 1.43. The highest BCUT2D eigenvalue weighted by atomic mass is 35.5. The Kier molecular flexibility index (Phi) is 6.88. The quantitative estimate of drug-likeness (QED) is 0.541. The number of ether oxygens (including phenoxy) is 2. The zero-order chi connectivity index (χ0) is 22.1. The fourth-order valence-electron chi connectivity index (χ4n) is 6.14. The molecule has 0 radical (unpaired) electrons. The molecule has 1 N–H and O–H groups in total. The van der Waals surface area contributed by atoms with Crippen LogP contribution in [-0.4, -0.2) is 35.8 Å². The summed E-state index contributed by atoms with van der Waals surface area (Å²) in [6, 6.07) is 7.06. The monoisotopic (exact) mass is 447 g/mol. The maximum Gasteiger partial charge on any atom is 0.407 e. The van der Waals surface area contributed by atoms with E-state index in [0.717, 1.165) is 57.8 Å². The molecular formula is C26H38ClNO3. The first-order chi connectivity index (χ1) is 14.8. The molecule has 3 unspecified atom stereocenters. The number of unbranched alkanes of at least 4 members (excludes halogenated alkanes) is 1. The SMILES string of the molecule is CCCCC1CC(Cl)CC2(CCc3cc([C@H]4CC[C@@](C)(NC(=O)OC)C4)ccc3C2)O1. The van der Waals surface area contributed by atoms with Crippen molar-refractivity contribution in [2.24, 2.45) is 0 Å². The van der Waals surface area contributed by atoms with Gasteiger partial charge in [0, 0.05) is 17.3 Å². The van der Waals surface area contributed by atoms with E-state index in [4.69, 9.17) is 21.1 Å². The summed E-state index contributed by atoms with van der Waals surface area (Å²) in [5.74, 6) is 0.486. The summed E-state index contributed by atoms with van der Waals surface area (Å²) in [4.78, 5) is 11.7. The van der Waals surface area contributed by atoms with E-state index in [0.29, 0.717) is 12.0 Å². The number of amides is 1. The number of hydrogen-bond acceptors (Lipinski definition) is 3. The van der Waals surface area contributed by atoms with E-state index in [9.17, 15) is 4.79 Å². The van der Waals surface area contributed by atoms with Crippen molar-refractivity contribution in [3.63, 3.8) is 0 Å². The lowest BCUT2D eigenvalue weighted by atomic mass is 9.74. The first-order valence-electron chi connectivity index (χ1n) is 12.1. The van der Waals surface area contributed by atoms with E-state index in [1.807, 2.05) is 0 Å². The maximum absolute atomic E-state index is 11.7. The van der Waals surface area contributed by atoms with Crippen LogP contribution in [0.3, 0.4) is 0 Å². The number of alkyl halides is 1. The normalized spacial score (nSPS) is 35.0. The van der Waals surface area contributed by atoms with Crippen LogP contribution in [0.15, 0.2) is 18.2 Å². The molecule has 1 saturated carbocycles. The predicted octanol–water partition coefficient (Wildman–Crippen LogP) is 6.27. The third-order valence-electron chi connectivity index (χ3n) is 7.80. The Morgan fingerprint density at radius 1 is 1.29 bits per heavy atom. The minimum Gasteiger partial charge on any atom is -0.453 e. The van der Waals surface area contributed by atoms with Crippen molar-refractivity contribution >= 4 is 17.7 Å². The minimum atomic E-state index is -0.332. The Hall–Kier alpha value is -1.26. The van der Waals surface area contributed by atoms with Gasteiger partial charge in [0.05, 0.1) is 18.8 Å². The summed E-state index contributed by atoms with van der Waals surface area (Å²) < 4.78 is 11.5. The summed E-state index contributed by atoms with van der Waals surface area (Å²) in [5.41, 5.74) is 4.06. The van der Waals surface area contributed by atoms with Crippen LogP contribution in [0.5, 0.6) is 0 Å². The Morgan fingerprint density at radius 2 is 2.13 bits per heavy atom. The number of benzene rings is 1. The highest BCUT2D eigenvalue weighted by Crippen LogP contribution is 2.45. The molecule has 1 amide bonds. The van der Waals surface area contributed by atoms with E-state index in [2.05, 4.69) is 37.4 Å². The highest BCUT2D eigenvalue weighted by molar-refractivity contribution is 6.20. The number of methoxy groups -OCH3 is 1. The summed E-state index contributed by atoms with van der Waals surface area (Å²) >= 11 is 6.71. The number of rotatable bonds is 5. The topological polar surface area (TPSA) is 47.6 Å². The minimum absolute atomic E-state index is 0.0754. The zero-order valence-electron chi connectivity index (χ0n) is 19.3. The summed E-state index contributed by atoms with van der Waals surface area (Å²) in [6.07, 6.45) is 11.7. The number of halogens is 1. The lowest BCUT2D eigenvalue weighted by Crippen LogP contribution is -2.48. The van der Waals surface area contributed by atoms with Crippen LogP contribution >= 0.6 is 11.6 Å². The average molecular weight is 448 g/mol. The molecule has 1 aliphatic heterocycles. The van der Waals surface area contributed by atoms with Crippen LogP contribution in [0.25, 0.3) is 0 Å². The lowest BCUT2D eigenvalue weighted by molar-refractivity contribution is -0.135. The Balaban J connectivity index is 1.44. The third-order valence-corrected chi connectivity index (χ3v) is 8.14. The Bertz CT molecular complexity index is 799. The molecule has 5 atom stereocenters. The molecule has 1 heterocycles. The van der Waals surface area contributed by atoms with Crippen molar-refractivity contribution in [2.75, 3.05) is 7.11 Å². The van der Waals surface area contributed by atoms with Gasteiger partial charge in [0.2, 0.25) is 0 Å². The average Bonchev–Trinajstić information content (AvgIpc) is 3.12. The van der Waals surface area contributed by atoms with Crippen molar-refractivity contribution in [2.45, 2.75) is 113 Å². The summed E-state index contributed by atoms with van der Waals surface area (Å²) in [6.45, 7) is 4.37. The Morgan fingerprint density at radius 3 is 2.90 bits per heavy atom. The van der Waals surface area contributed by atoms with Gasteiger partial charge >= 0.3 is 6.09 Å². The van der Waals surface area contributed by atoms with Gasteiger partial charge in [-0.1, -0.05) is 38.0 Å². The van der Waals surface area contributed by atoms with Crippen LogP contribution in [0, 0.1) is 0 Å². The maximum atomic E-state index is 11.7. The number of fused-ring (bicyclic) bond motifs is 1. The number of alkyl carbamates (subject to hydrolysis) is 1. The van der Waals surface area contributed by atoms with E-state index in [1.54, 1.807) is 0 Å². The molecule has 3 aliphatic rings. The van der Waals surface area contributed by atoms with Gasteiger partial charge in [-0.2, -0.15) is 0 Å². The van der Waals surface area contributed by atoms with Crippen molar-refractivity contribution in [1.29, 1.82) is 0 Å². The van der Waals surface area contributed by atoms with Gasteiger partial charge in [0.25, 0.3) is 0 Å². The van der Waals surface area contributed by atoms with Gasteiger partial charge in [-0.3, -0.25) is 0 Å². The van der Waals surface area contributed by atoms with Crippen LogP contribution < -0.4 is 5.32 Å². The van der Waals surface area contributed by atoms with Crippen LogP contribution in [0.1, 0.15) is 94.2 Å². The molecule has 2 fully saturated rings. The third kappa shape index (κ3) is 5.22. The first kappa shape index (κ1) is 22.9. The lowest BCUT2D eigenvalue weighted by Gasteiger charge is -2.46. The van der Waals surface area contributed by atoms with Gasteiger partial charge in [-0.25, -0.2) is 4.79 Å². The van der Waals surface area contributed by atoms with Crippen molar-refractivity contribution in [3.8, 4) is 0 Å². The van der Waals surface area contributed by atoms with E-state index in [-0.39, 0.29) is 22.6 Å². The molecule has 0 bridgehead atoms. The molecule has 0 aromatic heterocycles. The van der Waals surface area contributed by atoms with Gasteiger partial charge in [-0.05, 0) is 80.9 Å². The first-order valence-corrected chi connectivity index (χ1v) is 12.6. The van der Waals surface area contributed by atoms with Crippen LogP contribution in [0.4, 0.5) is 4.79 Å². The molecule has 1 aromatic rings. The standard InChI is InChI=1S/C26H38ClNO3/c1-4-5-6-23-14-22(27)17-26(31-23)12-10-19-13-18(7-8-20(19)16-26)21-9-11-25(2,15-21)28-24(29)30-3/h7-8,13,21-23H,4-6,9-12,14-17H2,1-3H3,(H,28,29)/t21-,22?,23?,25+,26?/m0/s1. The van der Waals surface area contributed by atoms with Gasteiger partial charge in [0.15, 0.2) is 0 Å². The number of carbonyl (C=O) groups excluding carboxylic acids is 1. The number of nitrogens with one attached hydrogen (secondary N) is 1. The van der Waals surface area contributed by atoms with E-state index < -0.39 is 0 Å². The molecule has 172 valence electrons. The smallest absolute Gasteiger partial charge is 0.407 e. The highest BCUT2D eigenvalue weighted by Gasteiger charge is 2.43. The van der Waals surface area contributed by atoms with Gasteiger partial charge in [0.1, 0.15) is 0 Å². The molecule has 5 heteroatoms. The molecular weight excluding hydrogens is 410 g/mol. The van der Waals surface area contributed by atoms with Crippen molar-refractivity contribution < 1.29 is 14.3 Å². The molecule has 1 aromatic carbocycles. The molecule has 31 heavy (non-hydrogen) atoms. The molecule has 4 rings (SSSR count). The van der Waals surface area contributed by atoms with Crippen molar-refractivity contribution in [3.05, 3.63) is 34.9 Å². The Labute approximate surface area is 192 Å². The molecule has 4 nitrogen and oxygen atoms in total. The van der Waals surface area contributed by atoms with E-state index >= 15 is 0 Å². The van der Waals surface area contributed by atoms with Crippen molar-refractivity contribution in [1.82, 2.24) is 5.32 Å². The van der Waals surface area contributed by atoms with Crippen LogP contribution in [0.2, 0.25) is 0 Å². The molecule has 2 aliphatic carbocycles. The predicted molar refractivity (Wildman–Crippen MR) is 125 cm³/mol. The second kappa shape index (κ2) is 9.31. The second-order valence-electron chi connectivity index (χ2n) is 10.4. The zero-order valence-corrected chi connectivity index (χ0v) is 20.1. The molecule has 1 saturated heterocycles. The summed E-state index contributed by atoms with van der Waals surface area (Å²) in [5, 5.41) is 3.27. The fraction of sp³-hybridized carbons (Fsp3) is 0.731. The molecule has 1 spiro atoms. The second-order valence-corrected chi connectivity index (χ2v) is 11.0. The van der Waals surface area contributed by atoms with Gasteiger partial charge < -0.3 is 14.8 Å². The number of aryl methyl sites for hydroxylation is 1. The van der Waals surface area contributed by atoms with Crippen LogP contribution in [-0.2, 0) is 22.3 Å². The van der Waals surface area contributed by atoms with E-state index in [1.165, 1.54) is 36.6 Å².